The first-order valence-corrected chi connectivity index (χ1v) is 4.64. The van der Waals surface area contributed by atoms with Crippen LogP contribution in [0.4, 0.5) is 5.00 Å². The summed E-state index contributed by atoms with van der Waals surface area (Å²) < 4.78 is 0. The van der Waals surface area contributed by atoms with Crippen LogP contribution in [-0.2, 0) is 4.79 Å². The number of aliphatic hydroxyl groups excluding tert-OH is 2. The molecule has 0 bridgehead atoms. The van der Waals surface area contributed by atoms with E-state index in [0.29, 0.717) is 11.3 Å². The lowest BCUT2D eigenvalue weighted by Crippen LogP contribution is -2.33. The molecule has 2 atom stereocenters. The number of carbonyl (C=O) groups excluding carboxylic acids is 1. The summed E-state index contributed by atoms with van der Waals surface area (Å²) in [6.45, 7) is 0. The molecule has 0 fully saturated rings. The smallest absolute Gasteiger partial charge is 0.324 e. The number of primary amides is 1. The number of nitrogens with zero attached hydrogens (tertiary/aromatic N) is 1. The normalized spacial score (nSPS) is 14.5. The Hall–Kier alpha value is -1.51. The van der Waals surface area contributed by atoms with Gasteiger partial charge in [0.05, 0.1) is 4.92 Å². The molecule has 8 heteroatoms. The average Bonchev–Trinajstić information content (AvgIpc) is 2.64. The second-order valence-electron chi connectivity index (χ2n) is 2.73. The van der Waals surface area contributed by atoms with E-state index in [4.69, 9.17) is 10.8 Å². The number of rotatable bonds is 4. The molecular formula is C7H8N2O5S. The van der Waals surface area contributed by atoms with Crippen LogP contribution in [0, 0.1) is 10.1 Å². The molecule has 0 aliphatic heterocycles. The SMILES string of the molecule is NC(=O)C(O)C(O)c1ccc([N+](=O)[O-])s1. The minimum absolute atomic E-state index is 0.119. The molecule has 1 heterocycles. The highest BCUT2D eigenvalue weighted by Crippen LogP contribution is 2.30. The summed E-state index contributed by atoms with van der Waals surface area (Å²) in [6.07, 6.45) is -3.29. The second-order valence-corrected chi connectivity index (χ2v) is 3.82. The third kappa shape index (κ3) is 2.49. The lowest BCUT2D eigenvalue weighted by Gasteiger charge is -2.11. The van der Waals surface area contributed by atoms with Crippen molar-refractivity contribution in [3.05, 3.63) is 27.1 Å². The molecular weight excluding hydrogens is 224 g/mol. The largest absolute Gasteiger partial charge is 0.384 e. The predicted octanol–water partition coefficient (Wildman–Crippen LogP) is -0.464. The van der Waals surface area contributed by atoms with Gasteiger partial charge in [-0.15, -0.1) is 0 Å². The van der Waals surface area contributed by atoms with Crippen LogP contribution in [0.1, 0.15) is 11.0 Å². The molecule has 0 radical (unpaired) electrons. The lowest BCUT2D eigenvalue weighted by atomic mass is 10.1. The van der Waals surface area contributed by atoms with Crippen molar-refractivity contribution in [3.8, 4) is 0 Å². The van der Waals surface area contributed by atoms with Gasteiger partial charge in [-0.05, 0) is 6.07 Å². The zero-order chi connectivity index (χ0) is 11.6. The summed E-state index contributed by atoms with van der Waals surface area (Å²) in [5.74, 6) is -1.08. The average molecular weight is 232 g/mol. The van der Waals surface area contributed by atoms with Crippen molar-refractivity contribution in [2.24, 2.45) is 5.73 Å². The highest BCUT2D eigenvalue weighted by Gasteiger charge is 2.26. The molecule has 0 saturated carbocycles. The first kappa shape index (κ1) is 11.6. The van der Waals surface area contributed by atoms with E-state index in [0.717, 1.165) is 0 Å². The third-order valence-electron chi connectivity index (χ3n) is 1.67. The zero-order valence-electron chi connectivity index (χ0n) is 7.36. The number of hydrogen-bond acceptors (Lipinski definition) is 6. The van der Waals surface area contributed by atoms with Crippen LogP contribution >= 0.6 is 11.3 Å². The van der Waals surface area contributed by atoms with Crippen molar-refractivity contribution in [3.63, 3.8) is 0 Å². The molecule has 1 aromatic heterocycles. The summed E-state index contributed by atoms with van der Waals surface area (Å²) in [4.78, 5) is 20.3. The van der Waals surface area contributed by atoms with Gasteiger partial charge >= 0.3 is 5.00 Å². The predicted molar refractivity (Wildman–Crippen MR) is 51.1 cm³/mol. The molecule has 15 heavy (non-hydrogen) atoms. The van der Waals surface area contributed by atoms with E-state index in [1.807, 2.05) is 0 Å². The number of aliphatic hydroxyl groups is 2. The van der Waals surface area contributed by atoms with Gasteiger partial charge in [-0.1, -0.05) is 11.3 Å². The van der Waals surface area contributed by atoms with E-state index in [1.54, 1.807) is 0 Å². The van der Waals surface area contributed by atoms with Crippen molar-refractivity contribution >= 4 is 22.2 Å². The monoisotopic (exact) mass is 232 g/mol. The Bertz CT molecular complexity index is 390. The van der Waals surface area contributed by atoms with Crippen molar-refractivity contribution < 1.29 is 19.9 Å². The Morgan fingerprint density at radius 1 is 1.53 bits per heavy atom. The highest BCUT2D eigenvalue weighted by atomic mass is 32.1. The maximum atomic E-state index is 10.5. The van der Waals surface area contributed by atoms with Gasteiger partial charge in [-0.25, -0.2) is 0 Å². The van der Waals surface area contributed by atoms with Crippen molar-refractivity contribution in [1.82, 2.24) is 0 Å². The van der Waals surface area contributed by atoms with Crippen LogP contribution in [-0.4, -0.2) is 27.1 Å². The van der Waals surface area contributed by atoms with E-state index >= 15 is 0 Å². The Morgan fingerprint density at radius 2 is 2.13 bits per heavy atom. The quantitative estimate of drug-likeness (QED) is 0.478. The minimum atomic E-state index is -1.76. The molecule has 82 valence electrons. The van der Waals surface area contributed by atoms with E-state index in [2.05, 4.69) is 0 Å². The maximum Gasteiger partial charge on any atom is 0.324 e. The van der Waals surface area contributed by atoms with Gasteiger partial charge in [0, 0.05) is 10.9 Å². The van der Waals surface area contributed by atoms with Crippen molar-refractivity contribution in [2.45, 2.75) is 12.2 Å². The van der Waals surface area contributed by atoms with E-state index in [9.17, 15) is 20.0 Å². The fourth-order valence-corrected chi connectivity index (χ4v) is 1.75. The topological polar surface area (TPSA) is 127 Å². The van der Waals surface area contributed by atoms with Crippen molar-refractivity contribution in [1.29, 1.82) is 0 Å². The number of thiophene rings is 1. The van der Waals surface area contributed by atoms with Gasteiger partial charge in [0.2, 0.25) is 5.91 Å². The molecule has 1 amide bonds. The van der Waals surface area contributed by atoms with Gasteiger partial charge in [0.1, 0.15) is 6.10 Å². The molecule has 0 aliphatic carbocycles. The Morgan fingerprint density at radius 3 is 2.53 bits per heavy atom. The van der Waals surface area contributed by atoms with E-state index in [1.165, 1.54) is 12.1 Å². The fourth-order valence-electron chi connectivity index (χ4n) is 0.910. The van der Waals surface area contributed by atoms with Gasteiger partial charge in [0.15, 0.2) is 6.10 Å². The molecule has 0 aromatic carbocycles. The number of hydrogen-bond donors (Lipinski definition) is 3. The molecule has 7 nitrogen and oxygen atoms in total. The first-order chi connectivity index (χ1) is 6.93. The highest BCUT2D eigenvalue weighted by molar-refractivity contribution is 7.15. The lowest BCUT2D eigenvalue weighted by molar-refractivity contribution is -0.380. The molecule has 0 saturated heterocycles. The molecule has 2 unspecified atom stereocenters. The minimum Gasteiger partial charge on any atom is -0.384 e. The Balaban J connectivity index is 2.87. The Labute approximate surface area is 87.9 Å². The van der Waals surface area contributed by atoms with Crippen molar-refractivity contribution in [2.75, 3.05) is 0 Å². The van der Waals surface area contributed by atoms with Crippen LogP contribution in [0.5, 0.6) is 0 Å². The molecule has 1 rings (SSSR count). The van der Waals surface area contributed by atoms with Crippen LogP contribution in [0.25, 0.3) is 0 Å². The van der Waals surface area contributed by atoms with Gasteiger partial charge in [0.25, 0.3) is 0 Å². The summed E-state index contributed by atoms with van der Waals surface area (Å²) in [5, 5.41) is 28.6. The standard InChI is InChI=1S/C7H8N2O5S/c8-7(12)6(11)5(10)3-1-2-4(15-3)9(13)14/h1-2,5-6,10-11H,(H2,8,12). The van der Waals surface area contributed by atoms with Gasteiger partial charge < -0.3 is 15.9 Å². The summed E-state index contributed by atoms with van der Waals surface area (Å²) in [6, 6.07) is 2.44. The van der Waals surface area contributed by atoms with Crippen LogP contribution in [0.2, 0.25) is 0 Å². The molecule has 0 aliphatic rings. The fraction of sp³-hybridized carbons (Fsp3) is 0.286. The second kappa shape index (κ2) is 4.34. The number of nitrogens with two attached hydrogens (primary N) is 1. The third-order valence-corrected chi connectivity index (χ3v) is 2.78. The molecule has 4 N–H and O–H groups in total. The zero-order valence-corrected chi connectivity index (χ0v) is 8.18. The van der Waals surface area contributed by atoms with E-state index < -0.39 is 23.0 Å². The summed E-state index contributed by atoms with van der Waals surface area (Å²) >= 11 is 0.678. The Kier molecular flexibility index (Phi) is 3.35. The van der Waals surface area contributed by atoms with Gasteiger partial charge in [-0.2, -0.15) is 0 Å². The summed E-state index contributed by atoms with van der Waals surface area (Å²) in [5.41, 5.74) is 4.76. The number of carbonyl (C=O) groups is 1. The maximum absolute atomic E-state index is 10.5. The number of amides is 1. The number of nitro groups is 1. The first-order valence-electron chi connectivity index (χ1n) is 3.83. The summed E-state index contributed by atoms with van der Waals surface area (Å²) in [7, 11) is 0. The van der Waals surface area contributed by atoms with Crippen LogP contribution in [0.3, 0.4) is 0 Å². The van der Waals surface area contributed by atoms with Crippen LogP contribution in [0.15, 0.2) is 12.1 Å². The molecule has 1 aromatic rings. The molecule has 0 spiro atoms. The van der Waals surface area contributed by atoms with E-state index in [-0.39, 0.29) is 9.88 Å². The van der Waals surface area contributed by atoms with Gasteiger partial charge in [-0.3, -0.25) is 14.9 Å². The van der Waals surface area contributed by atoms with Crippen LogP contribution < -0.4 is 5.73 Å².